The molecular formula is C13H19Cl2N3O. The second kappa shape index (κ2) is 6.29. The Kier molecular flexibility index (Phi) is 4.92. The maximum absolute atomic E-state index is 9.96. The standard InChI is InChI=1S/C13H19Cl2N3O/c14-10-5-9(12(19)6-11(10)15)13(17)8-1-3-18(7-16)4-2-8/h5-6,8,13,19H,1-4,7,16-17H2. The number of hydrogen-bond acceptors (Lipinski definition) is 4. The first kappa shape index (κ1) is 14.9. The summed E-state index contributed by atoms with van der Waals surface area (Å²) < 4.78 is 0. The minimum atomic E-state index is -0.227. The fraction of sp³-hybridized carbons (Fsp3) is 0.538. The molecule has 1 heterocycles. The van der Waals surface area contributed by atoms with Crippen molar-refractivity contribution in [2.75, 3.05) is 19.8 Å². The van der Waals surface area contributed by atoms with Crippen LogP contribution >= 0.6 is 23.2 Å². The van der Waals surface area contributed by atoms with Crippen molar-refractivity contribution in [3.63, 3.8) is 0 Å². The third-order valence-corrected chi connectivity index (χ3v) is 4.55. The van der Waals surface area contributed by atoms with E-state index in [1.807, 2.05) is 0 Å². The maximum Gasteiger partial charge on any atom is 0.121 e. The van der Waals surface area contributed by atoms with Gasteiger partial charge >= 0.3 is 0 Å². The van der Waals surface area contributed by atoms with Crippen molar-refractivity contribution in [2.45, 2.75) is 18.9 Å². The summed E-state index contributed by atoms with van der Waals surface area (Å²) in [6, 6.07) is 2.89. The first-order valence-corrected chi connectivity index (χ1v) is 7.14. The van der Waals surface area contributed by atoms with E-state index < -0.39 is 0 Å². The number of phenols is 1. The molecule has 1 unspecified atom stereocenters. The summed E-state index contributed by atoms with van der Waals surface area (Å²) in [6.07, 6.45) is 1.94. The van der Waals surface area contributed by atoms with Gasteiger partial charge in [0.05, 0.1) is 10.0 Å². The van der Waals surface area contributed by atoms with Crippen LogP contribution in [0.2, 0.25) is 10.0 Å². The topological polar surface area (TPSA) is 75.5 Å². The highest BCUT2D eigenvalue weighted by Crippen LogP contribution is 2.37. The van der Waals surface area contributed by atoms with Crippen LogP contribution in [0.25, 0.3) is 0 Å². The van der Waals surface area contributed by atoms with E-state index in [1.54, 1.807) is 6.07 Å². The van der Waals surface area contributed by atoms with E-state index in [1.165, 1.54) is 6.07 Å². The quantitative estimate of drug-likeness (QED) is 0.801. The molecule has 0 amide bonds. The lowest BCUT2D eigenvalue weighted by Crippen LogP contribution is -2.40. The van der Waals surface area contributed by atoms with Crippen LogP contribution in [0.5, 0.6) is 5.75 Å². The first-order chi connectivity index (χ1) is 9.02. The number of rotatable bonds is 3. The molecule has 0 saturated carbocycles. The van der Waals surface area contributed by atoms with E-state index in [4.69, 9.17) is 34.7 Å². The number of halogens is 2. The third-order valence-electron chi connectivity index (χ3n) is 3.83. The highest BCUT2D eigenvalue weighted by atomic mass is 35.5. The highest BCUT2D eigenvalue weighted by Gasteiger charge is 2.26. The number of nitrogens with zero attached hydrogens (tertiary/aromatic N) is 1. The van der Waals surface area contributed by atoms with Crippen LogP contribution in [0, 0.1) is 5.92 Å². The van der Waals surface area contributed by atoms with E-state index >= 15 is 0 Å². The van der Waals surface area contributed by atoms with E-state index in [-0.39, 0.29) is 11.8 Å². The Hall–Kier alpha value is -0.520. The maximum atomic E-state index is 9.96. The van der Waals surface area contributed by atoms with Gasteiger partial charge in [-0.05, 0) is 37.9 Å². The Labute approximate surface area is 123 Å². The Morgan fingerprint density at radius 3 is 2.42 bits per heavy atom. The molecule has 1 saturated heterocycles. The van der Waals surface area contributed by atoms with Gasteiger partial charge in [-0.3, -0.25) is 4.90 Å². The normalized spacial score (nSPS) is 19.6. The molecule has 1 atom stereocenters. The van der Waals surface area contributed by atoms with Crippen molar-refractivity contribution in [3.05, 3.63) is 27.7 Å². The highest BCUT2D eigenvalue weighted by molar-refractivity contribution is 6.42. The molecule has 0 radical (unpaired) electrons. The van der Waals surface area contributed by atoms with Crippen LogP contribution in [-0.4, -0.2) is 29.8 Å². The smallest absolute Gasteiger partial charge is 0.121 e. The molecule has 4 nitrogen and oxygen atoms in total. The molecule has 1 aromatic rings. The van der Waals surface area contributed by atoms with E-state index in [0.717, 1.165) is 25.9 Å². The fourth-order valence-corrected chi connectivity index (χ4v) is 2.90. The molecule has 0 bridgehead atoms. The van der Waals surface area contributed by atoms with Crippen molar-refractivity contribution in [2.24, 2.45) is 17.4 Å². The summed E-state index contributed by atoms with van der Waals surface area (Å²) in [6.45, 7) is 2.47. The monoisotopic (exact) mass is 303 g/mol. The molecular weight excluding hydrogens is 285 g/mol. The fourth-order valence-electron chi connectivity index (χ4n) is 2.57. The number of phenolic OH excluding ortho intramolecular Hbond substituents is 1. The summed E-state index contributed by atoms with van der Waals surface area (Å²) in [5, 5.41) is 10.7. The van der Waals surface area contributed by atoms with Gasteiger partial charge in [0.15, 0.2) is 0 Å². The summed E-state index contributed by atoms with van der Waals surface area (Å²) in [7, 11) is 0. The van der Waals surface area contributed by atoms with Gasteiger partial charge in [-0.1, -0.05) is 23.2 Å². The second-order valence-electron chi connectivity index (χ2n) is 4.99. The molecule has 1 aromatic carbocycles. The van der Waals surface area contributed by atoms with Gasteiger partial charge in [-0.25, -0.2) is 0 Å². The van der Waals surface area contributed by atoms with Gasteiger partial charge in [-0.2, -0.15) is 0 Å². The molecule has 1 aliphatic rings. The molecule has 0 aromatic heterocycles. The Morgan fingerprint density at radius 2 is 1.84 bits per heavy atom. The lowest BCUT2D eigenvalue weighted by molar-refractivity contribution is 0.172. The van der Waals surface area contributed by atoms with E-state index in [9.17, 15) is 5.11 Å². The molecule has 6 heteroatoms. The average molecular weight is 304 g/mol. The van der Waals surface area contributed by atoms with Crippen molar-refractivity contribution in [3.8, 4) is 5.75 Å². The lowest BCUT2D eigenvalue weighted by atomic mass is 9.85. The number of likely N-dealkylation sites (tertiary alicyclic amines) is 1. The number of hydrogen-bond donors (Lipinski definition) is 3. The van der Waals surface area contributed by atoms with Crippen molar-refractivity contribution >= 4 is 23.2 Å². The van der Waals surface area contributed by atoms with Crippen molar-refractivity contribution < 1.29 is 5.11 Å². The SMILES string of the molecule is NCN1CCC(C(N)c2cc(Cl)c(Cl)cc2O)CC1. The number of aromatic hydroxyl groups is 1. The summed E-state index contributed by atoms with van der Waals surface area (Å²) in [4.78, 5) is 2.19. The number of nitrogens with two attached hydrogens (primary N) is 2. The van der Waals surface area contributed by atoms with Crippen molar-refractivity contribution in [1.29, 1.82) is 0 Å². The second-order valence-corrected chi connectivity index (χ2v) is 5.80. The van der Waals surface area contributed by atoms with E-state index in [0.29, 0.717) is 28.2 Å². The van der Waals surface area contributed by atoms with Gasteiger partial charge in [0.25, 0.3) is 0 Å². The van der Waals surface area contributed by atoms with Crippen LogP contribution in [0.15, 0.2) is 12.1 Å². The Bertz CT molecular complexity index is 448. The zero-order valence-corrected chi connectivity index (χ0v) is 12.2. The molecule has 5 N–H and O–H groups in total. The zero-order chi connectivity index (χ0) is 14.0. The van der Waals surface area contributed by atoms with Gasteiger partial charge in [0.2, 0.25) is 0 Å². The summed E-state index contributed by atoms with van der Waals surface area (Å²) >= 11 is 11.9. The zero-order valence-electron chi connectivity index (χ0n) is 10.6. The minimum absolute atomic E-state index is 0.114. The third kappa shape index (κ3) is 3.33. The summed E-state index contributed by atoms with van der Waals surface area (Å²) in [5.41, 5.74) is 12.6. The predicted octanol–water partition coefficient (Wildman–Crippen LogP) is 2.33. The van der Waals surface area contributed by atoms with Gasteiger partial charge in [-0.15, -0.1) is 0 Å². The van der Waals surface area contributed by atoms with Crippen LogP contribution in [-0.2, 0) is 0 Å². The van der Waals surface area contributed by atoms with Crippen LogP contribution in [0.4, 0.5) is 0 Å². The number of benzene rings is 1. The molecule has 19 heavy (non-hydrogen) atoms. The van der Waals surface area contributed by atoms with Crippen LogP contribution in [0.3, 0.4) is 0 Å². The Balaban J connectivity index is 2.12. The number of piperidine rings is 1. The van der Waals surface area contributed by atoms with Gasteiger partial charge in [0, 0.05) is 24.3 Å². The lowest BCUT2D eigenvalue weighted by Gasteiger charge is -2.34. The van der Waals surface area contributed by atoms with Crippen LogP contribution < -0.4 is 11.5 Å². The Morgan fingerprint density at radius 1 is 1.26 bits per heavy atom. The molecule has 1 aliphatic heterocycles. The predicted molar refractivity (Wildman–Crippen MR) is 78.4 cm³/mol. The largest absolute Gasteiger partial charge is 0.508 e. The minimum Gasteiger partial charge on any atom is -0.508 e. The van der Waals surface area contributed by atoms with Crippen LogP contribution in [0.1, 0.15) is 24.4 Å². The first-order valence-electron chi connectivity index (χ1n) is 6.39. The average Bonchev–Trinajstić information content (AvgIpc) is 2.42. The molecule has 1 fully saturated rings. The van der Waals surface area contributed by atoms with Gasteiger partial charge in [0.1, 0.15) is 5.75 Å². The van der Waals surface area contributed by atoms with Crippen molar-refractivity contribution in [1.82, 2.24) is 4.90 Å². The molecule has 106 valence electrons. The molecule has 2 rings (SSSR count). The van der Waals surface area contributed by atoms with Gasteiger partial charge < -0.3 is 16.6 Å². The summed E-state index contributed by atoms with van der Waals surface area (Å²) in [5.74, 6) is 0.439. The molecule has 0 aliphatic carbocycles. The molecule has 0 spiro atoms. The van der Waals surface area contributed by atoms with E-state index in [2.05, 4.69) is 4.90 Å².